The van der Waals surface area contributed by atoms with E-state index in [1.165, 1.54) is 5.56 Å². The van der Waals surface area contributed by atoms with Crippen LogP contribution in [0.25, 0.3) is 6.08 Å². The second kappa shape index (κ2) is 5.07. The summed E-state index contributed by atoms with van der Waals surface area (Å²) in [5.41, 5.74) is 1.21. The summed E-state index contributed by atoms with van der Waals surface area (Å²) in [6, 6.07) is 2.11. The Hall–Kier alpha value is -0.160. The molecule has 0 aromatic carbocycles. The molecule has 4 heteroatoms. The number of allylic oxidation sites excluding steroid dienone is 1. The molecular formula is C10H11BrO2S. The minimum absolute atomic E-state index is 0.133. The zero-order chi connectivity index (χ0) is 9.80. The van der Waals surface area contributed by atoms with Gasteiger partial charge in [0.15, 0.2) is 6.29 Å². The van der Waals surface area contributed by atoms with Crippen LogP contribution in [0.4, 0.5) is 0 Å². The number of ether oxygens (including phenoxy) is 2. The highest BCUT2D eigenvalue weighted by Gasteiger charge is 2.19. The minimum Gasteiger partial charge on any atom is -0.345 e. The molecular weight excluding hydrogens is 264 g/mol. The van der Waals surface area contributed by atoms with Crippen molar-refractivity contribution in [2.45, 2.75) is 6.29 Å². The molecule has 14 heavy (non-hydrogen) atoms. The first-order valence-electron chi connectivity index (χ1n) is 4.44. The highest BCUT2D eigenvalue weighted by atomic mass is 79.9. The van der Waals surface area contributed by atoms with Gasteiger partial charge in [-0.25, -0.2) is 0 Å². The minimum atomic E-state index is -0.133. The van der Waals surface area contributed by atoms with Crippen molar-refractivity contribution in [2.24, 2.45) is 0 Å². The second-order valence-corrected chi connectivity index (χ2v) is 4.50. The third kappa shape index (κ3) is 2.45. The SMILES string of the molecule is BrCC=Cc1csc(C2OCCO2)c1. The van der Waals surface area contributed by atoms with E-state index in [1.54, 1.807) is 11.3 Å². The number of rotatable bonds is 3. The smallest absolute Gasteiger partial charge is 0.193 e. The van der Waals surface area contributed by atoms with Crippen LogP contribution < -0.4 is 0 Å². The molecule has 76 valence electrons. The van der Waals surface area contributed by atoms with E-state index >= 15 is 0 Å². The molecule has 1 fully saturated rings. The van der Waals surface area contributed by atoms with Crippen molar-refractivity contribution < 1.29 is 9.47 Å². The first-order valence-corrected chi connectivity index (χ1v) is 6.44. The number of halogens is 1. The third-order valence-corrected chi connectivity index (χ3v) is 3.24. The first-order chi connectivity index (χ1) is 6.90. The molecule has 0 spiro atoms. The monoisotopic (exact) mass is 274 g/mol. The Balaban J connectivity index is 2.05. The van der Waals surface area contributed by atoms with E-state index in [0.717, 1.165) is 10.2 Å². The van der Waals surface area contributed by atoms with E-state index in [-0.39, 0.29) is 6.29 Å². The third-order valence-electron chi connectivity index (χ3n) is 1.89. The van der Waals surface area contributed by atoms with Gasteiger partial charge in [-0.15, -0.1) is 11.3 Å². The fourth-order valence-corrected chi connectivity index (χ4v) is 2.34. The fraction of sp³-hybridized carbons (Fsp3) is 0.400. The molecule has 2 rings (SSSR count). The summed E-state index contributed by atoms with van der Waals surface area (Å²) in [7, 11) is 0. The lowest BCUT2D eigenvalue weighted by atomic mass is 10.3. The zero-order valence-electron chi connectivity index (χ0n) is 7.61. The van der Waals surface area contributed by atoms with Gasteiger partial charge in [-0.05, 0) is 17.0 Å². The Morgan fingerprint density at radius 3 is 3.00 bits per heavy atom. The highest BCUT2D eigenvalue weighted by Crippen LogP contribution is 2.29. The molecule has 1 saturated heterocycles. The predicted octanol–water partition coefficient (Wildman–Crippen LogP) is 3.20. The van der Waals surface area contributed by atoms with Gasteiger partial charge in [0.05, 0.1) is 18.1 Å². The Morgan fingerprint density at radius 1 is 1.50 bits per heavy atom. The fourth-order valence-electron chi connectivity index (χ4n) is 1.28. The average molecular weight is 275 g/mol. The maximum Gasteiger partial charge on any atom is 0.193 e. The number of alkyl halides is 1. The molecule has 0 amide bonds. The van der Waals surface area contributed by atoms with Crippen LogP contribution in [0.1, 0.15) is 16.7 Å². The maximum atomic E-state index is 5.41. The van der Waals surface area contributed by atoms with Crippen molar-refractivity contribution in [1.82, 2.24) is 0 Å². The maximum absolute atomic E-state index is 5.41. The van der Waals surface area contributed by atoms with Crippen molar-refractivity contribution in [1.29, 1.82) is 0 Å². The van der Waals surface area contributed by atoms with Crippen LogP contribution in [0.15, 0.2) is 17.5 Å². The van der Waals surface area contributed by atoms with Crippen LogP contribution in [0.3, 0.4) is 0 Å². The molecule has 0 unspecified atom stereocenters. The van der Waals surface area contributed by atoms with Crippen molar-refractivity contribution >= 4 is 33.3 Å². The van der Waals surface area contributed by atoms with Crippen LogP contribution in [-0.2, 0) is 9.47 Å². The summed E-state index contributed by atoms with van der Waals surface area (Å²) in [5.74, 6) is 0. The molecule has 0 aliphatic carbocycles. The largest absolute Gasteiger partial charge is 0.345 e. The molecule has 0 radical (unpaired) electrons. The van der Waals surface area contributed by atoms with Crippen molar-refractivity contribution in [2.75, 3.05) is 18.5 Å². The van der Waals surface area contributed by atoms with E-state index in [2.05, 4.69) is 39.5 Å². The molecule has 0 N–H and O–H groups in total. The Bertz CT molecular complexity index is 316. The van der Waals surface area contributed by atoms with Crippen molar-refractivity contribution in [3.05, 3.63) is 28.0 Å². The van der Waals surface area contributed by atoms with Gasteiger partial charge < -0.3 is 9.47 Å². The standard InChI is InChI=1S/C10H11BrO2S/c11-3-1-2-8-6-9(14-7-8)10-12-4-5-13-10/h1-2,6-7,10H,3-5H2. The number of thiophene rings is 1. The topological polar surface area (TPSA) is 18.5 Å². The summed E-state index contributed by atoms with van der Waals surface area (Å²) in [5, 5.41) is 2.99. The van der Waals surface area contributed by atoms with Crippen molar-refractivity contribution in [3.63, 3.8) is 0 Å². The van der Waals surface area contributed by atoms with Crippen LogP contribution in [-0.4, -0.2) is 18.5 Å². The lowest BCUT2D eigenvalue weighted by molar-refractivity contribution is -0.0413. The summed E-state index contributed by atoms with van der Waals surface area (Å²) in [6.07, 6.45) is 4.03. The average Bonchev–Trinajstić information content (AvgIpc) is 2.85. The van der Waals surface area contributed by atoms with E-state index in [0.29, 0.717) is 13.2 Å². The molecule has 0 saturated carbocycles. The van der Waals surface area contributed by atoms with Gasteiger partial charge in [-0.3, -0.25) is 0 Å². The van der Waals surface area contributed by atoms with Gasteiger partial charge >= 0.3 is 0 Å². The van der Waals surface area contributed by atoms with Gasteiger partial charge in [0.2, 0.25) is 0 Å². The predicted molar refractivity (Wildman–Crippen MR) is 61.8 cm³/mol. The van der Waals surface area contributed by atoms with Gasteiger partial charge in [0, 0.05) is 5.33 Å². The van der Waals surface area contributed by atoms with Gasteiger partial charge in [0.1, 0.15) is 0 Å². The normalized spacial score (nSPS) is 18.4. The van der Waals surface area contributed by atoms with Gasteiger partial charge in [-0.1, -0.05) is 28.1 Å². The van der Waals surface area contributed by atoms with E-state index in [9.17, 15) is 0 Å². The molecule has 1 aromatic rings. The lowest BCUT2D eigenvalue weighted by Crippen LogP contribution is -1.93. The molecule has 1 aliphatic heterocycles. The number of hydrogen-bond acceptors (Lipinski definition) is 3. The van der Waals surface area contributed by atoms with Crippen LogP contribution in [0.2, 0.25) is 0 Å². The molecule has 2 nitrogen and oxygen atoms in total. The first kappa shape index (κ1) is 10.4. The molecule has 1 aliphatic rings. The van der Waals surface area contributed by atoms with Crippen LogP contribution in [0, 0.1) is 0 Å². The van der Waals surface area contributed by atoms with Crippen LogP contribution in [0.5, 0.6) is 0 Å². The second-order valence-electron chi connectivity index (χ2n) is 2.91. The zero-order valence-corrected chi connectivity index (χ0v) is 10.0. The quantitative estimate of drug-likeness (QED) is 0.789. The Morgan fingerprint density at radius 2 is 2.29 bits per heavy atom. The van der Waals surface area contributed by atoms with E-state index < -0.39 is 0 Å². The molecule has 0 atom stereocenters. The Kier molecular flexibility index (Phi) is 3.75. The number of hydrogen-bond donors (Lipinski definition) is 0. The highest BCUT2D eigenvalue weighted by molar-refractivity contribution is 9.09. The van der Waals surface area contributed by atoms with E-state index in [4.69, 9.17) is 9.47 Å². The van der Waals surface area contributed by atoms with Crippen molar-refractivity contribution in [3.8, 4) is 0 Å². The summed E-state index contributed by atoms with van der Waals surface area (Å²) in [4.78, 5) is 1.15. The van der Waals surface area contributed by atoms with Gasteiger partial charge in [-0.2, -0.15) is 0 Å². The molecule has 1 aromatic heterocycles. The molecule has 2 heterocycles. The van der Waals surface area contributed by atoms with Gasteiger partial charge in [0.25, 0.3) is 0 Å². The lowest BCUT2D eigenvalue weighted by Gasteiger charge is -2.04. The Labute approximate surface area is 95.7 Å². The summed E-state index contributed by atoms with van der Waals surface area (Å²) in [6.45, 7) is 1.41. The van der Waals surface area contributed by atoms with E-state index in [1.807, 2.05) is 0 Å². The summed E-state index contributed by atoms with van der Waals surface area (Å²) < 4.78 is 10.8. The summed E-state index contributed by atoms with van der Waals surface area (Å²) >= 11 is 5.03. The van der Waals surface area contributed by atoms with Crippen LogP contribution >= 0.6 is 27.3 Å². The molecule has 0 bridgehead atoms.